The zero-order chi connectivity index (χ0) is 15.6. The third kappa shape index (κ3) is 3.42. The van der Waals surface area contributed by atoms with Gasteiger partial charge in [0.05, 0.1) is 12.2 Å². The van der Waals surface area contributed by atoms with Gasteiger partial charge in [0.1, 0.15) is 0 Å². The van der Waals surface area contributed by atoms with E-state index in [-0.39, 0.29) is 17.7 Å². The molecule has 2 unspecified atom stereocenters. The molecular formula is C17H33N3O. The lowest BCUT2D eigenvalue weighted by molar-refractivity contribution is -0.132. The highest BCUT2D eigenvalue weighted by molar-refractivity contribution is 5.84. The fourth-order valence-electron chi connectivity index (χ4n) is 3.97. The fraction of sp³-hybridized carbons (Fsp3) is 0.941. The number of carbonyl (C=O) groups excluding carboxylic acids is 1. The Kier molecular flexibility index (Phi) is 5.31. The number of hydrogen-bond donors (Lipinski definition) is 1. The normalized spacial score (nSPS) is 29.1. The summed E-state index contributed by atoms with van der Waals surface area (Å²) in [7, 11) is 4.35. The first-order chi connectivity index (χ1) is 9.89. The SMILES string of the molecule is CCC1NC(CC(C)C)N(CC2(N(C)C)CCCC2)C1=O. The summed E-state index contributed by atoms with van der Waals surface area (Å²) < 4.78 is 0. The summed E-state index contributed by atoms with van der Waals surface area (Å²) in [5, 5.41) is 3.56. The van der Waals surface area contributed by atoms with Gasteiger partial charge in [-0.1, -0.05) is 33.6 Å². The predicted octanol–water partition coefficient (Wildman–Crippen LogP) is 2.44. The molecule has 0 aromatic carbocycles. The van der Waals surface area contributed by atoms with Gasteiger partial charge in [-0.25, -0.2) is 0 Å². The van der Waals surface area contributed by atoms with Crippen molar-refractivity contribution in [1.82, 2.24) is 15.1 Å². The Morgan fingerprint density at radius 3 is 2.43 bits per heavy atom. The van der Waals surface area contributed by atoms with E-state index in [0.717, 1.165) is 19.4 Å². The van der Waals surface area contributed by atoms with Crippen molar-refractivity contribution in [2.24, 2.45) is 5.92 Å². The van der Waals surface area contributed by atoms with Crippen LogP contribution in [0.25, 0.3) is 0 Å². The van der Waals surface area contributed by atoms with Crippen molar-refractivity contribution >= 4 is 5.91 Å². The van der Waals surface area contributed by atoms with E-state index in [2.05, 4.69) is 50.0 Å². The standard InChI is InChI=1S/C17H33N3O/c1-6-14-16(21)20(15(18-14)11-13(2)3)12-17(19(4)5)9-7-8-10-17/h13-15,18H,6-12H2,1-5H3. The Labute approximate surface area is 130 Å². The molecule has 1 saturated carbocycles. The van der Waals surface area contributed by atoms with Gasteiger partial charge in [-0.3, -0.25) is 10.1 Å². The van der Waals surface area contributed by atoms with Crippen molar-refractivity contribution in [2.75, 3.05) is 20.6 Å². The predicted molar refractivity (Wildman–Crippen MR) is 87.1 cm³/mol. The van der Waals surface area contributed by atoms with Crippen molar-refractivity contribution < 1.29 is 4.79 Å². The number of likely N-dealkylation sites (N-methyl/N-ethyl adjacent to an activating group) is 1. The van der Waals surface area contributed by atoms with E-state index >= 15 is 0 Å². The van der Waals surface area contributed by atoms with E-state index in [9.17, 15) is 4.79 Å². The van der Waals surface area contributed by atoms with Gasteiger partial charge in [0.15, 0.2) is 0 Å². The maximum absolute atomic E-state index is 12.7. The highest BCUT2D eigenvalue weighted by atomic mass is 16.2. The Morgan fingerprint density at radius 2 is 1.95 bits per heavy atom. The van der Waals surface area contributed by atoms with Crippen molar-refractivity contribution in [3.63, 3.8) is 0 Å². The van der Waals surface area contributed by atoms with Crippen LogP contribution in [-0.2, 0) is 4.79 Å². The van der Waals surface area contributed by atoms with Gasteiger partial charge in [0.25, 0.3) is 0 Å². The average molecular weight is 295 g/mol. The zero-order valence-electron chi connectivity index (χ0n) is 14.5. The van der Waals surface area contributed by atoms with Crippen molar-refractivity contribution in [2.45, 2.75) is 77.0 Å². The van der Waals surface area contributed by atoms with Gasteiger partial charge >= 0.3 is 0 Å². The number of carbonyl (C=O) groups is 1. The van der Waals surface area contributed by atoms with Gasteiger partial charge in [-0.15, -0.1) is 0 Å². The average Bonchev–Trinajstić information content (AvgIpc) is 2.99. The Balaban J connectivity index is 2.15. The molecule has 2 fully saturated rings. The highest BCUT2D eigenvalue weighted by Gasteiger charge is 2.45. The second-order valence-corrected chi connectivity index (χ2v) is 7.56. The van der Waals surface area contributed by atoms with E-state index in [1.54, 1.807) is 0 Å². The van der Waals surface area contributed by atoms with Crippen LogP contribution < -0.4 is 5.32 Å². The van der Waals surface area contributed by atoms with Gasteiger partial charge in [-0.05, 0) is 45.7 Å². The lowest BCUT2D eigenvalue weighted by atomic mass is 9.94. The van der Waals surface area contributed by atoms with E-state index in [4.69, 9.17) is 0 Å². The molecule has 4 heteroatoms. The molecule has 1 aliphatic carbocycles. The molecule has 0 bridgehead atoms. The second-order valence-electron chi connectivity index (χ2n) is 7.56. The molecule has 2 atom stereocenters. The van der Waals surface area contributed by atoms with Crippen LogP contribution in [0, 0.1) is 5.92 Å². The largest absolute Gasteiger partial charge is 0.324 e. The second kappa shape index (κ2) is 6.66. The van der Waals surface area contributed by atoms with Gasteiger partial charge in [0, 0.05) is 12.1 Å². The number of nitrogens with zero attached hydrogens (tertiary/aromatic N) is 2. The smallest absolute Gasteiger partial charge is 0.241 e. The third-order valence-electron chi connectivity index (χ3n) is 5.40. The molecule has 1 aliphatic heterocycles. The van der Waals surface area contributed by atoms with Crippen LogP contribution in [0.1, 0.15) is 59.3 Å². The minimum Gasteiger partial charge on any atom is -0.324 e. The molecule has 2 rings (SSSR count). The Morgan fingerprint density at radius 1 is 1.33 bits per heavy atom. The maximum atomic E-state index is 12.7. The highest BCUT2D eigenvalue weighted by Crippen LogP contribution is 2.36. The molecule has 0 spiro atoms. The van der Waals surface area contributed by atoms with Crippen LogP contribution in [0.2, 0.25) is 0 Å². The molecule has 2 aliphatic rings. The summed E-state index contributed by atoms with van der Waals surface area (Å²) in [5.41, 5.74) is 0.190. The molecule has 0 aromatic heterocycles. The van der Waals surface area contributed by atoms with E-state index in [0.29, 0.717) is 11.8 Å². The monoisotopic (exact) mass is 295 g/mol. The summed E-state index contributed by atoms with van der Waals surface area (Å²) in [4.78, 5) is 17.2. The molecule has 4 nitrogen and oxygen atoms in total. The Hall–Kier alpha value is -0.610. The van der Waals surface area contributed by atoms with Crippen LogP contribution in [0.5, 0.6) is 0 Å². The molecule has 1 heterocycles. The summed E-state index contributed by atoms with van der Waals surface area (Å²) in [6, 6.07) is 0.0226. The first-order valence-corrected chi connectivity index (χ1v) is 8.63. The van der Waals surface area contributed by atoms with E-state index in [1.807, 2.05) is 0 Å². The quantitative estimate of drug-likeness (QED) is 0.817. The summed E-state index contributed by atoms with van der Waals surface area (Å²) in [5.74, 6) is 0.920. The number of rotatable bonds is 6. The van der Waals surface area contributed by atoms with E-state index < -0.39 is 0 Å². The molecule has 21 heavy (non-hydrogen) atoms. The third-order valence-corrected chi connectivity index (χ3v) is 5.40. The summed E-state index contributed by atoms with van der Waals surface area (Å²) in [6.45, 7) is 7.46. The molecule has 1 N–H and O–H groups in total. The minimum absolute atomic E-state index is 0.0226. The Bertz CT molecular complexity index is 361. The summed E-state index contributed by atoms with van der Waals surface area (Å²) in [6.07, 6.45) is 7.17. The maximum Gasteiger partial charge on any atom is 0.241 e. The van der Waals surface area contributed by atoms with E-state index in [1.165, 1.54) is 25.7 Å². The van der Waals surface area contributed by atoms with Gasteiger partial charge < -0.3 is 9.80 Å². The van der Waals surface area contributed by atoms with Crippen LogP contribution in [0.4, 0.5) is 0 Å². The first kappa shape index (κ1) is 16.8. The number of amides is 1. The minimum atomic E-state index is 0.0226. The lowest BCUT2D eigenvalue weighted by Gasteiger charge is -2.41. The van der Waals surface area contributed by atoms with Crippen LogP contribution >= 0.6 is 0 Å². The van der Waals surface area contributed by atoms with Crippen molar-refractivity contribution in [3.8, 4) is 0 Å². The first-order valence-electron chi connectivity index (χ1n) is 8.63. The summed E-state index contributed by atoms with van der Waals surface area (Å²) >= 11 is 0. The molecule has 0 aromatic rings. The zero-order valence-corrected chi connectivity index (χ0v) is 14.5. The molecule has 122 valence electrons. The van der Waals surface area contributed by atoms with Crippen LogP contribution in [0.15, 0.2) is 0 Å². The number of hydrogen-bond acceptors (Lipinski definition) is 3. The van der Waals surface area contributed by atoms with Gasteiger partial charge in [0.2, 0.25) is 5.91 Å². The molecule has 0 radical (unpaired) electrons. The fourth-order valence-corrected chi connectivity index (χ4v) is 3.97. The molecular weight excluding hydrogens is 262 g/mol. The lowest BCUT2D eigenvalue weighted by Crippen LogP contribution is -2.54. The van der Waals surface area contributed by atoms with Crippen LogP contribution in [0.3, 0.4) is 0 Å². The van der Waals surface area contributed by atoms with Crippen molar-refractivity contribution in [3.05, 3.63) is 0 Å². The topological polar surface area (TPSA) is 35.6 Å². The molecule has 1 amide bonds. The van der Waals surface area contributed by atoms with Crippen molar-refractivity contribution in [1.29, 1.82) is 0 Å². The van der Waals surface area contributed by atoms with Crippen LogP contribution in [-0.4, -0.2) is 54.1 Å². The number of nitrogens with one attached hydrogen (secondary N) is 1. The molecule has 1 saturated heterocycles. The van der Waals surface area contributed by atoms with Gasteiger partial charge in [-0.2, -0.15) is 0 Å².